The molecule has 5 aromatic rings. The number of carbonyl (C=O) groups is 1. The third-order valence-electron chi connectivity index (χ3n) is 6.67. The van der Waals surface area contributed by atoms with E-state index in [2.05, 4.69) is 32.9 Å². The summed E-state index contributed by atoms with van der Waals surface area (Å²) in [6, 6.07) is 18.0. The minimum Gasteiger partial charge on any atom is -0.379 e. The van der Waals surface area contributed by atoms with Gasteiger partial charge >= 0.3 is 0 Å². The number of nitrogens with one attached hydrogen (secondary N) is 4. The molecule has 0 bridgehead atoms. The van der Waals surface area contributed by atoms with E-state index in [1.807, 2.05) is 73.1 Å². The summed E-state index contributed by atoms with van der Waals surface area (Å²) in [6.45, 7) is 6.67. The van der Waals surface area contributed by atoms with Gasteiger partial charge in [-0.1, -0.05) is 24.3 Å². The summed E-state index contributed by atoms with van der Waals surface area (Å²) in [5, 5.41) is 13.1. The molecule has 9 nitrogen and oxygen atoms in total. The van der Waals surface area contributed by atoms with Crippen LogP contribution in [0, 0.1) is 0 Å². The number of ether oxygens (including phenoxy) is 1. The number of hydrazone groups is 1. The fraction of sp³-hybridized carbons (Fsp3) is 0.172. The van der Waals surface area contributed by atoms with Crippen molar-refractivity contribution in [3.8, 4) is 11.4 Å². The SMILES string of the molecule is C=NN/C=C(\C)c1ccc(Nc2nc(-c3ccc4cc(C(=O)NC5CCOC5)[nH]c4c3)nc3ccsc23)cc1. The van der Waals surface area contributed by atoms with Crippen LogP contribution < -0.4 is 16.1 Å². The van der Waals surface area contributed by atoms with Crippen molar-refractivity contribution < 1.29 is 9.53 Å². The maximum Gasteiger partial charge on any atom is 0.268 e. The first-order valence-electron chi connectivity index (χ1n) is 12.6. The highest BCUT2D eigenvalue weighted by atomic mass is 32.1. The van der Waals surface area contributed by atoms with Crippen LogP contribution in [0.3, 0.4) is 0 Å². The van der Waals surface area contributed by atoms with Crippen LogP contribution in [-0.4, -0.2) is 46.8 Å². The van der Waals surface area contributed by atoms with Crippen LogP contribution in [0.5, 0.6) is 0 Å². The van der Waals surface area contributed by atoms with Crippen molar-refractivity contribution in [1.29, 1.82) is 0 Å². The number of aromatic nitrogens is 3. The molecule has 6 rings (SSSR count). The predicted octanol–water partition coefficient (Wildman–Crippen LogP) is 5.67. The number of hydrogen-bond donors (Lipinski definition) is 4. The summed E-state index contributed by atoms with van der Waals surface area (Å²) < 4.78 is 6.35. The fourth-order valence-corrected chi connectivity index (χ4v) is 5.33. The van der Waals surface area contributed by atoms with Crippen LogP contribution in [-0.2, 0) is 4.74 Å². The van der Waals surface area contributed by atoms with Gasteiger partial charge in [0.2, 0.25) is 0 Å². The summed E-state index contributed by atoms with van der Waals surface area (Å²) in [5.74, 6) is 1.22. The Morgan fingerprint density at radius 3 is 2.85 bits per heavy atom. The normalized spacial score (nSPS) is 15.5. The molecule has 4 N–H and O–H groups in total. The zero-order valence-electron chi connectivity index (χ0n) is 21.3. The highest BCUT2D eigenvalue weighted by Gasteiger charge is 2.20. The number of H-pyrrole nitrogens is 1. The Bertz CT molecular complexity index is 1700. The van der Waals surface area contributed by atoms with E-state index < -0.39 is 0 Å². The summed E-state index contributed by atoms with van der Waals surface area (Å²) >= 11 is 1.60. The number of anilines is 2. The number of fused-ring (bicyclic) bond motifs is 2. The van der Waals surface area contributed by atoms with E-state index in [4.69, 9.17) is 14.7 Å². The number of amides is 1. The maximum absolute atomic E-state index is 12.7. The van der Waals surface area contributed by atoms with Gasteiger partial charge in [-0.15, -0.1) is 11.3 Å². The second kappa shape index (κ2) is 10.7. The molecule has 0 aliphatic carbocycles. The largest absolute Gasteiger partial charge is 0.379 e. The number of benzene rings is 2. The lowest BCUT2D eigenvalue weighted by molar-refractivity contribution is 0.0925. The lowest BCUT2D eigenvalue weighted by Gasteiger charge is -2.10. The Hall–Kier alpha value is -4.54. The Balaban J connectivity index is 1.28. The average Bonchev–Trinajstić information content (AvgIpc) is 3.72. The van der Waals surface area contributed by atoms with Gasteiger partial charge in [-0.3, -0.25) is 10.2 Å². The number of nitrogens with zero attached hydrogens (tertiary/aromatic N) is 3. The van der Waals surface area contributed by atoms with Gasteiger partial charge in [-0.2, -0.15) is 5.10 Å². The first kappa shape index (κ1) is 24.8. The van der Waals surface area contributed by atoms with Crippen LogP contribution in [0.1, 0.15) is 29.4 Å². The van der Waals surface area contributed by atoms with Crippen LogP contribution in [0.25, 0.3) is 38.1 Å². The Morgan fingerprint density at radius 2 is 2.05 bits per heavy atom. The molecule has 10 heteroatoms. The molecule has 0 spiro atoms. The van der Waals surface area contributed by atoms with E-state index in [9.17, 15) is 4.79 Å². The molecule has 196 valence electrons. The fourth-order valence-electron chi connectivity index (χ4n) is 4.56. The number of thiophene rings is 1. The van der Waals surface area contributed by atoms with Gasteiger partial charge in [-0.25, -0.2) is 9.97 Å². The molecule has 2 aromatic carbocycles. The van der Waals surface area contributed by atoms with Crippen LogP contribution in [0.15, 0.2) is 71.3 Å². The van der Waals surface area contributed by atoms with Gasteiger partial charge in [0.05, 0.1) is 22.9 Å². The van der Waals surface area contributed by atoms with Crippen LogP contribution in [0.2, 0.25) is 0 Å². The minimum absolute atomic E-state index is 0.0550. The van der Waals surface area contributed by atoms with E-state index in [-0.39, 0.29) is 11.9 Å². The molecule has 1 unspecified atom stereocenters. The highest BCUT2D eigenvalue weighted by Crippen LogP contribution is 2.32. The van der Waals surface area contributed by atoms with Gasteiger partial charge < -0.3 is 20.4 Å². The molecule has 1 aliphatic rings. The summed E-state index contributed by atoms with van der Waals surface area (Å²) in [7, 11) is 0. The minimum atomic E-state index is -0.129. The summed E-state index contributed by atoms with van der Waals surface area (Å²) in [5.41, 5.74) is 8.91. The van der Waals surface area contributed by atoms with Crippen LogP contribution in [0.4, 0.5) is 11.5 Å². The van der Waals surface area contributed by atoms with Crippen LogP contribution >= 0.6 is 11.3 Å². The van der Waals surface area contributed by atoms with Crippen molar-refractivity contribution >= 4 is 62.2 Å². The standard InChI is InChI=1S/C29H27N7O2S/c1-17(15-31-30-2)18-5-7-21(8-6-18)32-28-26-23(10-12-39-26)35-27(36-28)20-4-3-19-13-25(34-24(19)14-20)29(37)33-22-9-11-38-16-22/h3-8,10,12-15,22,31,34H,2,9,11,16H2,1H3,(H,33,37)(H,32,35,36)/b17-15+. The first-order chi connectivity index (χ1) is 19.1. The van der Waals surface area contributed by atoms with Crippen molar-refractivity contribution in [2.24, 2.45) is 5.10 Å². The highest BCUT2D eigenvalue weighted by molar-refractivity contribution is 7.17. The topological polar surface area (TPSA) is 116 Å². The lowest BCUT2D eigenvalue weighted by Crippen LogP contribution is -2.35. The van der Waals surface area contributed by atoms with E-state index in [0.29, 0.717) is 24.7 Å². The quantitative estimate of drug-likeness (QED) is 0.150. The monoisotopic (exact) mass is 537 g/mol. The molecule has 1 atom stereocenters. The van der Waals surface area contributed by atoms with Gasteiger partial charge in [0.15, 0.2) is 11.6 Å². The zero-order chi connectivity index (χ0) is 26.8. The molecule has 0 radical (unpaired) electrons. The predicted molar refractivity (Wildman–Crippen MR) is 157 cm³/mol. The van der Waals surface area contributed by atoms with Gasteiger partial charge in [-0.05, 0) is 60.2 Å². The number of allylic oxidation sites excluding steroid dienone is 1. The van der Waals surface area contributed by atoms with E-state index >= 15 is 0 Å². The first-order valence-corrected chi connectivity index (χ1v) is 13.5. The Labute approximate surface area is 229 Å². The number of hydrogen-bond acceptors (Lipinski definition) is 8. The van der Waals surface area contributed by atoms with Crippen molar-refractivity contribution in [2.75, 3.05) is 18.5 Å². The molecular weight excluding hydrogens is 510 g/mol. The Morgan fingerprint density at radius 1 is 1.18 bits per heavy atom. The molecule has 1 saturated heterocycles. The van der Waals surface area contributed by atoms with Crippen molar-refractivity contribution in [1.82, 2.24) is 25.7 Å². The van der Waals surface area contributed by atoms with Crippen molar-refractivity contribution in [3.05, 3.63) is 77.4 Å². The molecular formula is C29H27N7O2S. The second-order valence-corrected chi connectivity index (χ2v) is 10.3. The molecule has 39 heavy (non-hydrogen) atoms. The van der Waals surface area contributed by atoms with E-state index in [1.165, 1.54) is 0 Å². The molecule has 0 saturated carbocycles. The second-order valence-electron chi connectivity index (χ2n) is 9.37. The zero-order valence-corrected chi connectivity index (χ0v) is 22.1. The average molecular weight is 538 g/mol. The third kappa shape index (κ3) is 5.25. The van der Waals surface area contributed by atoms with E-state index in [0.717, 1.165) is 55.7 Å². The Kier molecular flexibility index (Phi) is 6.78. The molecule has 1 fully saturated rings. The van der Waals surface area contributed by atoms with Crippen molar-refractivity contribution in [3.63, 3.8) is 0 Å². The summed E-state index contributed by atoms with van der Waals surface area (Å²) in [6.07, 6.45) is 2.64. The van der Waals surface area contributed by atoms with Gasteiger partial charge in [0.25, 0.3) is 5.91 Å². The number of carbonyl (C=O) groups excluding carboxylic acids is 1. The molecule has 1 aliphatic heterocycles. The smallest absolute Gasteiger partial charge is 0.268 e. The lowest BCUT2D eigenvalue weighted by atomic mass is 10.1. The maximum atomic E-state index is 12.7. The molecule has 4 heterocycles. The molecule has 3 aromatic heterocycles. The third-order valence-corrected chi connectivity index (χ3v) is 7.58. The van der Waals surface area contributed by atoms with Crippen molar-refractivity contribution in [2.45, 2.75) is 19.4 Å². The van der Waals surface area contributed by atoms with Gasteiger partial charge in [0.1, 0.15) is 5.69 Å². The molecule has 1 amide bonds. The van der Waals surface area contributed by atoms with Gasteiger partial charge in [0, 0.05) is 41.7 Å². The van der Waals surface area contributed by atoms with E-state index in [1.54, 1.807) is 11.3 Å². The summed E-state index contributed by atoms with van der Waals surface area (Å²) in [4.78, 5) is 25.7. The number of rotatable bonds is 8. The number of aromatic amines is 1.